The number of thiocarbonyl (C=S) groups is 1. The summed E-state index contributed by atoms with van der Waals surface area (Å²) in [7, 11) is 0. The van der Waals surface area contributed by atoms with Crippen molar-refractivity contribution < 1.29 is 0 Å². The van der Waals surface area contributed by atoms with Gasteiger partial charge in [-0.25, -0.2) is 0 Å². The third-order valence-electron chi connectivity index (χ3n) is 2.04. The summed E-state index contributed by atoms with van der Waals surface area (Å²) in [6.45, 7) is 0. The van der Waals surface area contributed by atoms with Gasteiger partial charge in [-0.3, -0.25) is 4.98 Å². The second-order valence-electron chi connectivity index (χ2n) is 3.32. The highest BCUT2D eigenvalue weighted by molar-refractivity contribution is 9.10. The van der Waals surface area contributed by atoms with E-state index < -0.39 is 0 Å². The average molecular weight is 308 g/mol. The summed E-state index contributed by atoms with van der Waals surface area (Å²) in [5.74, 6) is 0. The molecule has 0 spiro atoms. The number of anilines is 2. The fourth-order valence-corrected chi connectivity index (χ4v) is 1.76. The molecule has 1 heterocycles. The molecular formula is C12H10BrN3S. The van der Waals surface area contributed by atoms with Crippen LogP contribution in [0.5, 0.6) is 0 Å². The zero-order valence-corrected chi connectivity index (χ0v) is 11.3. The van der Waals surface area contributed by atoms with Crippen molar-refractivity contribution in [2.75, 3.05) is 10.6 Å². The lowest BCUT2D eigenvalue weighted by Crippen LogP contribution is -2.18. The molecule has 0 unspecified atom stereocenters. The fraction of sp³-hybridized carbons (Fsp3) is 0. The van der Waals surface area contributed by atoms with Crippen LogP contribution in [0.15, 0.2) is 53.3 Å². The SMILES string of the molecule is S=C(Nc1ccncc1)Nc1ccc(Br)cc1. The third-order valence-corrected chi connectivity index (χ3v) is 2.77. The standard InChI is InChI=1S/C12H10BrN3S/c13-9-1-3-10(4-2-9)15-12(17)16-11-5-7-14-8-6-11/h1-8H,(H2,14,15,16,17). The number of nitrogens with zero attached hydrogens (tertiary/aromatic N) is 1. The first-order chi connectivity index (χ1) is 8.24. The molecule has 0 amide bonds. The van der Waals surface area contributed by atoms with Gasteiger partial charge >= 0.3 is 0 Å². The molecule has 0 saturated carbocycles. The normalized spacial score (nSPS) is 9.71. The molecule has 86 valence electrons. The Morgan fingerprint density at radius 3 is 2.06 bits per heavy atom. The van der Waals surface area contributed by atoms with Gasteiger partial charge in [-0.15, -0.1) is 0 Å². The first kappa shape index (κ1) is 12.0. The van der Waals surface area contributed by atoms with E-state index in [2.05, 4.69) is 31.5 Å². The van der Waals surface area contributed by atoms with Gasteiger partial charge in [0.25, 0.3) is 0 Å². The topological polar surface area (TPSA) is 37.0 Å². The minimum absolute atomic E-state index is 0.554. The number of nitrogens with one attached hydrogen (secondary N) is 2. The van der Waals surface area contributed by atoms with Crippen LogP contribution in [0.4, 0.5) is 11.4 Å². The van der Waals surface area contributed by atoms with Gasteiger partial charge < -0.3 is 10.6 Å². The maximum absolute atomic E-state index is 5.20. The molecule has 3 nitrogen and oxygen atoms in total. The van der Waals surface area contributed by atoms with Crippen molar-refractivity contribution in [3.05, 3.63) is 53.3 Å². The van der Waals surface area contributed by atoms with Crippen LogP contribution in [0.1, 0.15) is 0 Å². The minimum Gasteiger partial charge on any atom is -0.332 e. The first-order valence-electron chi connectivity index (χ1n) is 4.97. The lowest BCUT2D eigenvalue weighted by Gasteiger charge is -2.10. The molecule has 0 atom stereocenters. The number of halogens is 1. The Kier molecular flexibility index (Phi) is 4.06. The number of pyridine rings is 1. The monoisotopic (exact) mass is 307 g/mol. The van der Waals surface area contributed by atoms with Gasteiger partial charge in [-0.2, -0.15) is 0 Å². The Bertz CT molecular complexity index is 499. The molecule has 0 aliphatic carbocycles. The van der Waals surface area contributed by atoms with Crippen LogP contribution in [0, 0.1) is 0 Å². The minimum atomic E-state index is 0.554. The van der Waals surface area contributed by atoms with Crippen molar-refractivity contribution in [2.45, 2.75) is 0 Å². The van der Waals surface area contributed by atoms with Crippen LogP contribution in [0.2, 0.25) is 0 Å². The number of hydrogen-bond donors (Lipinski definition) is 2. The lowest BCUT2D eigenvalue weighted by molar-refractivity contribution is 1.33. The Morgan fingerprint density at radius 2 is 1.47 bits per heavy atom. The van der Waals surface area contributed by atoms with Gasteiger partial charge in [0, 0.05) is 28.2 Å². The van der Waals surface area contributed by atoms with Crippen LogP contribution in [-0.2, 0) is 0 Å². The van der Waals surface area contributed by atoms with E-state index >= 15 is 0 Å². The molecule has 5 heteroatoms. The van der Waals surface area contributed by atoms with Crippen LogP contribution >= 0.6 is 28.1 Å². The molecule has 1 aromatic heterocycles. The Balaban J connectivity index is 1.96. The summed E-state index contributed by atoms with van der Waals surface area (Å²) < 4.78 is 1.04. The molecule has 0 saturated heterocycles. The zero-order chi connectivity index (χ0) is 12.1. The van der Waals surface area contributed by atoms with Crippen LogP contribution in [-0.4, -0.2) is 10.1 Å². The summed E-state index contributed by atoms with van der Waals surface area (Å²) in [5, 5.41) is 6.72. The molecular weight excluding hydrogens is 298 g/mol. The van der Waals surface area contributed by atoms with E-state index in [-0.39, 0.29) is 0 Å². The summed E-state index contributed by atoms with van der Waals surface area (Å²) in [5.41, 5.74) is 1.86. The molecule has 1 aromatic carbocycles. The largest absolute Gasteiger partial charge is 0.332 e. The zero-order valence-electron chi connectivity index (χ0n) is 8.85. The molecule has 17 heavy (non-hydrogen) atoms. The predicted octanol–water partition coefficient (Wildman–Crippen LogP) is 3.65. The number of benzene rings is 1. The molecule has 2 rings (SSSR count). The third kappa shape index (κ3) is 3.80. The van der Waals surface area contributed by atoms with Gasteiger partial charge in [0.15, 0.2) is 5.11 Å². The van der Waals surface area contributed by atoms with Gasteiger partial charge in [0.1, 0.15) is 0 Å². The maximum Gasteiger partial charge on any atom is 0.175 e. The average Bonchev–Trinajstić information content (AvgIpc) is 2.33. The van der Waals surface area contributed by atoms with E-state index in [0.29, 0.717) is 5.11 Å². The first-order valence-corrected chi connectivity index (χ1v) is 6.18. The van der Waals surface area contributed by atoms with E-state index in [1.54, 1.807) is 12.4 Å². The van der Waals surface area contributed by atoms with Crippen molar-refractivity contribution in [3.8, 4) is 0 Å². The van der Waals surface area contributed by atoms with Crippen LogP contribution < -0.4 is 10.6 Å². The van der Waals surface area contributed by atoms with Crippen LogP contribution in [0.3, 0.4) is 0 Å². The molecule has 2 N–H and O–H groups in total. The molecule has 0 fully saturated rings. The van der Waals surface area contributed by atoms with Crippen molar-refractivity contribution >= 4 is 44.6 Å². The Hall–Kier alpha value is -1.46. The molecule has 0 radical (unpaired) electrons. The Labute approximate surface area is 113 Å². The molecule has 0 bridgehead atoms. The molecule has 0 aliphatic rings. The highest BCUT2D eigenvalue weighted by atomic mass is 79.9. The van der Waals surface area contributed by atoms with E-state index in [4.69, 9.17) is 12.2 Å². The number of hydrogen-bond acceptors (Lipinski definition) is 2. The van der Waals surface area contributed by atoms with Gasteiger partial charge in [0.05, 0.1) is 0 Å². The quantitative estimate of drug-likeness (QED) is 0.830. The van der Waals surface area contributed by atoms with E-state index in [0.717, 1.165) is 15.8 Å². The van der Waals surface area contributed by atoms with Gasteiger partial charge in [-0.1, -0.05) is 15.9 Å². The highest BCUT2D eigenvalue weighted by Gasteiger charge is 1.98. The van der Waals surface area contributed by atoms with Crippen molar-refractivity contribution in [2.24, 2.45) is 0 Å². The van der Waals surface area contributed by atoms with Crippen molar-refractivity contribution in [3.63, 3.8) is 0 Å². The fourth-order valence-electron chi connectivity index (χ4n) is 1.26. The lowest BCUT2D eigenvalue weighted by atomic mass is 10.3. The van der Waals surface area contributed by atoms with Gasteiger partial charge in [0.2, 0.25) is 0 Å². The highest BCUT2D eigenvalue weighted by Crippen LogP contribution is 2.14. The van der Waals surface area contributed by atoms with Crippen molar-refractivity contribution in [1.29, 1.82) is 0 Å². The number of rotatable bonds is 2. The second-order valence-corrected chi connectivity index (χ2v) is 4.65. The van der Waals surface area contributed by atoms with E-state index in [1.165, 1.54) is 0 Å². The van der Waals surface area contributed by atoms with Gasteiger partial charge in [-0.05, 0) is 48.6 Å². The smallest absolute Gasteiger partial charge is 0.175 e. The molecule has 0 aliphatic heterocycles. The van der Waals surface area contributed by atoms with E-state index in [1.807, 2.05) is 36.4 Å². The summed E-state index contributed by atoms with van der Waals surface area (Å²) in [6, 6.07) is 11.5. The maximum atomic E-state index is 5.20. The summed E-state index contributed by atoms with van der Waals surface area (Å²) in [6.07, 6.45) is 3.43. The predicted molar refractivity (Wildman–Crippen MR) is 78.2 cm³/mol. The van der Waals surface area contributed by atoms with E-state index in [9.17, 15) is 0 Å². The Morgan fingerprint density at radius 1 is 0.941 bits per heavy atom. The van der Waals surface area contributed by atoms with Crippen molar-refractivity contribution in [1.82, 2.24) is 4.98 Å². The van der Waals surface area contributed by atoms with Crippen LogP contribution in [0.25, 0.3) is 0 Å². The molecule has 2 aromatic rings. The number of aromatic nitrogens is 1. The second kappa shape index (κ2) is 5.75. The summed E-state index contributed by atoms with van der Waals surface area (Å²) >= 11 is 8.58. The summed E-state index contributed by atoms with van der Waals surface area (Å²) in [4.78, 5) is 3.94.